The second kappa shape index (κ2) is 7.47. The minimum absolute atomic E-state index is 0.203. The van der Waals surface area contributed by atoms with E-state index in [1.54, 1.807) is 19.1 Å². The van der Waals surface area contributed by atoms with Crippen molar-refractivity contribution >= 4 is 5.91 Å². The molecular weight excluding hydrogens is 305 g/mol. The molecule has 0 aliphatic heterocycles. The first-order valence-corrected chi connectivity index (χ1v) is 8.08. The van der Waals surface area contributed by atoms with Gasteiger partial charge in [-0.05, 0) is 75.1 Å². The van der Waals surface area contributed by atoms with Crippen LogP contribution in [-0.4, -0.2) is 12.0 Å². The fourth-order valence-electron chi connectivity index (χ4n) is 2.53. The average Bonchev–Trinajstić information content (AvgIpc) is 2.52. The highest BCUT2D eigenvalue weighted by Gasteiger charge is 2.19. The Hall–Kier alpha value is -2.36. The molecule has 0 aliphatic carbocycles. The molecule has 24 heavy (non-hydrogen) atoms. The van der Waals surface area contributed by atoms with Crippen LogP contribution in [0.2, 0.25) is 0 Å². The molecule has 2 atom stereocenters. The van der Waals surface area contributed by atoms with E-state index in [-0.39, 0.29) is 17.8 Å². The highest BCUT2D eigenvalue weighted by Crippen LogP contribution is 2.24. The van der Waals surface area contributed by atoms with Gasteiger partial charge in [-0.15, -0.1) is 0 Å². The van der Waals surface area contributed by atoms with Gasteiger partial charge in [-0.1, -0.05) is 18.2 Å². The van der Waals surface area contributed by atoms with Gasteiger partial charge in [-0.3, -0.25) is 4.79 Å². The maximum Gasteiger partial charge on any atom is 0.261 e. The Kier molecular flexibility index (Phi) is 5.60. The van der Waals surface area contributed by atoms with Crippen molar-refractivity contribution in [1.82, 2.24) is 5.32 Å². The third-order valence-electron chi connectivity index (χ3n) is 4.17. The highest BCUT2D eigenvalue weighted by atomic mass is 19.1. The molecule has 0 bridgehead atoms. The number of benzene rings is 2. The summed E-state index contributed by atoms with van der Waals surface area (Å²) in [5.41, 5.74) is 4.11. The van der Waals surface area contributed by atoms with Crippen molar-refractivity contribution in [2.45, 2.75) is 46.8 Å². The van der Waals surface area contributed by atoms with Crippen LogP contribution in [0.3, 0.4) is 0 Å². The first-order chi connectivity index (χ1) is 11.3. The van der Waals surface area contributed by atoms with Gasteiger partial charge in [0.25, 0.3) is 5.91 Å². The summed E-state index contributed by atoms with van der Waals surface area (Å²) in [4.78, 5) is 12.4. The molecule has 0 saturated heterocycles. The molecular formula is C20H24FNO2. The summed E-state index contributed by atoms with van der Waals surface area (Å²) in [6, 6.07) is 9.91. The van der Waals surface area contributed by atoms with Crippen molar-refractivity contribution in [1.29, 1.82) is 0 Å². The lowest BCUT2D eigenvalue weighted by Gasteiger charge is -2.20. The minimum atomic E-state index is -0.618. The second-order valence-corrected chi connectivity index (χ2v) is 6.25. The van der Waals surface area contributed by atoms with Crippen LogP contribution in [0.5, 0.6) is 5.75 Å². The highest BCUT2D eigenvalue weighted by molar-refractivity contribution is 5.81. The van der Waals surface area contributed by atoms with E-state index < -0.39 is 6.10 Å². The third-order valence-corrected chi connectivity index (χ3v) is 4.17. The van der Waals surface area contributed by atoms with Gasteiger partial charge in [0.15, 0.2) is 6.10 Å². The van der Waals surface area contributed by atoms with Gasteiger partial charge >= 0.3 is 0 Å². The summed E-state index contributed by atoms with van der Waals surface area (Å²) in [5, 5.41) is 2.90. The number of aryl methyl sites for hydroxylation is 2. The molecule has 0 unspecified atom stereocenters. The number of carbonyl (C=O) groups is 1. The molecule has 0 saturated carbocycles. The van der Waals surface area contributed by atoms with Crippen LogP contribution in [0.25, 0.3) is 0 Å². The summed E-state index contributed by atoms with van der Waals surface area (Å²) < 4.78 is 18.8. The van der Waals surface area contributed by atoms with E-state index >= 15 is 0 Å². The number of ether oxygens (including phenoxy) is 1. The predicted octanol–water partition coefficient (Wildman–Crippen LogP) is 4.40. The van der Waals surface area contributed by atoms with E-state index in [1.165, 1.54) is 12.1 Å². The fourth-order valence-corrected chi connectivity index (χ4v) is 2.53. The zero-order valence-corrected chi connectivity index (χ0v) is 14.8. The van der Waals surface area contributed by atoms with E-state index in [1.807, 2.05) is 33.8 Å². The Morgan fingerprint density at radius 3 is 2.33 bits per heavy atom. The largest absolute Gasteiger partial charge is 0.481 e. The van der Waals surface area contributed by atoms with E-state index in [2.05, 4.69) is 11.4 Å². The molecule has 3 nitrogen and oxygen atoms in total. The quantitative estimate of drug-likeness (QED) is 0.883. The summed E-state index contributed by atoms with van der Waals surface area (Å²) >= 11 is 0. The van der Waals surface area contributed by atoms with Crippen molar-refractivity contribution in [3.63, 3.8) is 0 Å². The molecule has 0 fully saturated rings. The van der Waals surface area contributed by atoms with Gasteiger partial charge in [0, 0.05) is 0 Å². The van der Waals surface area contributed by atoms with Gasteiger partial charge in [0.05, 0.1) is 6.04 Å². The number of nitrogens with one attached hydrogen (secondary N) is 1. The molecule has 0 heterocycles. The monoisotopic (exact) mass is 329 g/mol. The number of hydrogen-bond acceptors (Lipinski definition) is 2. The minimum Gasteiger partial charge on any atom is -0.481 e. The van der Waals surface area contributed by atoms with Crippen LogP contribution in [-0.2, 0) is 4.79 Å². The zero-order chi connectivity index (χ0) is 17.9. The number of carbonyl (C=O) groups excluding carboxylic acids is 1. The summed E-state index contributed by atoms with van der Waals surface area (Å²) in [5.74, 6) is 0.231. The topological polar surface area (TPSA) is 38.3 Å². The Morgan fingerprint density at radius 2 is 1.71 bits per heavy atom. The molecule has 0 radical (unpaired) electrons. The van der Waals surface area contributed by atoms with Gasteiger partial charge in [0.1, 0.15) is 11.6 Å². The van der Waals surface area contributed by atoms with E-state index in [4.69, 9.17) is 4.74 Å². The van der Waals surface area contributed by atoms with Crippen molar-refractivity contribution in [2.75, 3.05) is 0 Å². The summed E-state index contributed by atoms with van der Waals surface area (Å²) in [7, 11) is 0. The molecule has 4 heteroatoms. The van der Waals surface area contributed by atoms with E-state index in [0.29, 0.717) is 0 Å². The maximum absolute atomic E-state index is 13.0. The van der Waals surface area contributed by atoms with Crippen LogP contribution < -0.4 is 10.1 Å². The Bertz CT molecular complexity index is 725. The van der Waals surface area contributed by atoms with Crippen LogP contribution in [0.4, 0.5) is 4.39 Å². The van der Waals surface area contributed by atoms with Crippen LogP contribution >= 0.6 is 0 Å². The van der Waals surface area contributed by atoms with Crippen molar-refractivity contribution in [3.8, 4) is 5.75 Å². The molecule has 2 aromatic carbocycles. The summed E-state index contributed by atoms with van der Waals surface area (Å²) in [6.07, 6.45) is -0.618. The SMILES string of the molecule is Cc1cc(C)c(C)c(O[C@H](C)C(=O)N[C@@H](C)c2ccc(F)cc2)c1. The van der Waals surface area contributed by atoms with Crippen LogP contribution in [0, 0.1) is 26.6 Å². The number of halogens is 1. The molecule has 0 spiro atoms. The molecule has 0 aromatic heterocycles. The maximum atomic E-state index is 13.0. The molecule has 128 valence electrons. The normalized spacial score (nSPS) is 13.2. The lowest BCUT2D eigenvalue weighted by Crippen LogP contribution is -2.37. The molecule has 1 N–H and O–H groups in total. The molecule has 2 aromatic rings. The van der Waals surface area contributed by atoms with Gasteiger partial charge in [-0.2, -0.15) is 0 Å². The van der Waals surface area contributed by atoms with Crippen LogP contribution in [0.1, 0.15) is 42.1 Å². The zero-order valence-electron chi connectivity index (χ0n) is 14.8. The third kappa shape index (κ3) is 4.34. The standard InChI is InChI=1S/C20H24FNO2/c1-12-10-13(2)14(3)19(11-12)24-16(5)20(23)22-15(4)17-6-8-18(21)9-7-17/h6-11,15-16H,1-5H3,(H,22,23)/t15-,16+/m0/s1. The predicted molar refractivity (Wildman–Crippen MR) is 93.7 cm³/mol. The van der Waals surface area contributed by atoms with Crippen molar-refractivity contribution < 1.29 is 13.9 Å². The number of amides is 1. The average molecular weight is 329 g/mol. The Labute approximate surface area is 142 Å². The fraction of sp³-hybridized carbons (Fsp3) is 0.350. The molecule has 2 rings (SSSR count). The lowest BCUT2D eigenvalue weighted by molar-refractivity contribution is -0.127. The first kappa shape index (κ1) is 18.0. The lowest BCUT2D eigenvalue weighted by atomic mass is 10.1. The second-order valence-electron chi connectivity index (χ2n) is 6.25. The smallest absolute Gasteiger partial charge is 0.261 e. The van der Waals surface area contributed by atoms with E-state index in [0.717, 1.165) is 28.0 Å². The molecule has 0 aliphatic rings. The van der Waals surface area contributed by atoms with E-state index in [9.17, 15) is 9.18 Å². The van der Waals surface area contributed by atoms with Crippen molar-refractivity contribution in [3.05, 3.63) is 64.5 Å². The first-order valence-electron chi connectivity index (χ1n) is 8.08. The van der Waals surface area contributed by atoms with Crippen molar-refractivity contribution in [2.24, 2.45) is 0 Å². The van der Waals surface area contributed by atoms with Gasteiger partial charge < -0.3 is 10.1 Å². The van der Waals surface area contributed by atoms with Crippen LogP contribution in [0.15, 0.2) is 36.4 Å². The number of rotatable bonds is 5. The Balaban J connectivity index is 2.03. The van der Waals surface area contributed by atoms with Gasteiger partial charge in [0.2, 0.25) is 0 Å². The van der Waals surface area contributed by atoms with Gasteiger partial charge in [-0.25, -0.2) is 4.39 Å². The molecule has 1 amide bonds. The number of hydrogen-bond donors (Lipinski definition) is 1. The summed E-state index contributed by atoms with van der Waals surface area (Å²) in [6.45, 7) is 9.59. The Morgan fingerprint density at radius 1 is 1.08 bits per heavy atom.